The summed E-state index contributed by atoms with van der Waals surface area (Å²) in [5.41, 5.74) is 1.14. The summed E-state index contributed by atoms with van der Waals surface area (Å²) < 4.78 is 5.78. The van der Waals surface area contributed by atoms with Gasteiger partial charge in [0, 0.05) is 24.1 Å². The molecule has 0 bridgehead atoms. The van der Waals surface area contributed by atoms with Gasteiger partial charge in [0.2, 0.25) is 0 Å². The van der Waals surface area contributed by atoms with Crippen molar-refractivity contribution in [2.45, 2.75) is 44.8 Å². The van der Waals surface area contributed by atoms with Gasteiger partial charge in [-0.15, -0.1) is 11.3 Å². The molecule has 7 heteroatoms. The number of thiazole rings is 1. The van der Waals surface area contributed by atoms with E-state index >= 15 is 0 Å². The highest BCUT2D eigenvalue weighted by Crippen LogP contribution is 2.33. The van der Waals surface area contributed by atoms with E-state index < -0.39 is 11.6 Å². The molecule has 0 radical (unpaired) electrons. The number of aromatic carboxylic acids is 1. The second-order valence-corrected chi connectivity index (χ2v) is 7.22. The lowest BCUT2D eigenvalue weighted by atomic mass is 10.0. The monoisotopic (exact) mass is 374 g/mol. The quantitative estimate of drug-likeness (QED) is 0.775. The molecule has 1 heterocycles. The Balaban J connectivity index is 1.68. The van der Waals surface area contributed by atoms with E-state index in [9.17, 15) is 9.59 Å². The van der Waals surface area contributed by atoms with Crippen molar-refractivity contribution in [1.29, 1.82) is 0 Å². The van der Waals surface area contributed by atoms with Gasteiger partial charge in [0.05, 0.1) is 0 Å². The van der Waals surface area contributed by atoms with E-state index in [-0.39, 0.29) is 11.6 Å². The number of nitrogens with zero attached hydrogens (tertiary/aromatic N) is 1. The zero-order valence-electron chi connectivity index (χ0n) is 14.7. The number of carboxylic acid groups (broad SMARTS) is 1. The van der Waals surface area contributed by atoms with Crippen LogP contribution in [0, 0.1) is 0 Å². The minimum Gasteiger partial charge on any atom is -0.476 e. The number of hydrogen-bond donors (Lipinski definition) is 2. The van der Waals surface area contributed by atoms with E-state index in [2.05, 4.69) is 10.3 Å². The molecule has 0 unspecified atom stereocenters. The predicted octanol–water partition coefficient (Wildman–Crippen LogP) is 3.47. The molecule has 1 fully saturated rings. The Morgan fingerprint density at radius 3 is 2.77 bits per heavy atom. The minimum absolute atomic E-state index is 0.0450. The molecule has 3 rings (SSSR count). The fourth-order valence-corrected chi connectivity index (χ4v) is 4.11. The van der Waals surface area contributed by atoms with Gasteiger partial charge in [-0.1, -0.05) is 18.2 Å². The third-order valence-corrected chi connectivity index (χ3v) is 5.49. The first-order valence-electron chi connectivity index (χ1n) is 8.74. The SMILES string of the molecule is CCOC1(C(=O)NCc2cccc(-c3nc(C(=O)O)cs3)c2)CCCC1. The molecule has 0 aliphatic heterocycles. The van der Waals surface area contributed by atoms with Gasteiger partial charge in [-0.2, -0.15) is 0 Å². The van der Waals surface area contributed by atoms with Crippen LogP contribution in [0.3, 0.4) is 0 Å². The third kappa shape index (κ3) is 3.94. The molecular formula is C19H22N2O4S. The van der Waals surface area contributed by atoms with Crippen LogP contribution in [0.1, 0.15) is 48.7 Å². The van der Waals surface area contributed by atoms with Crippen LogP contribution in [0.5, 0.6) is 0 Å². The number of benzene rings is 1. The van der Waals surface area contributed by atoms with Crippen molar-refractivity contribution in [3.05, 3.63) is 40.9 Å². The first kappa shape index (κ1) is 18.5. The first-order chi connectivity index (χ1) is 12.5. The van der Waals surface area contributed by atoms with Gasteiger partial charge in [0.1, 0.15) is 10.6 Å². The summed E-state index contributed by atoms with van der Waals surface area (Å²) in [7, 11) is 0. The molecule has 1 aliphatic carbocycles. The Bertz CT molecular complexity index is 796. The van der Waals surface area contributed by atoms with Crippen molar-refractivity contribution in [1.82, 2.24) is 10.3 Å². The first-order valence-corrected chi connectivity index (χ1v) is 9.62. The lowest BCUT2D eigenvalue weighted by Crippen LogP contribution is -2.46. The second kappa shape index (κ2) is 7.97. The van der Waals surface area contributed by atoms with Gasteiger partial charge in [0.25, 0.3) is 5.91 Å². The second-order valence-electron chi connectivity index (χ2n) is 6.36. The Morgan fingerprint density at radius 2 is 2.12 bits per heavy atom. The fourth-order valence-electron chi connectivity index (χ4n) is 3.32. The zero-order valence-corrected chi connectivity index (χ0v) is 15.5. The fraction of sp³-hybridized carbons (Fsp3) is 0.421. The van der Waals surface area contributed by atoms with Gasteiger partial charge >= 0.3 is 5.97 Å². The van der Waals surface area contributed by atoms with Crippen LogP contribution in [0.4, 0.5) is 0 Å². The van der Waals surface area contributed by atoms with Crippen molar-refractivity contribution in [2.24, 2.45) is 0 Å². The van der Waals surface area contributed by atoms with Gasteiger partial charge in [0.15, 0.2) is 5.69 Å². The highest BCUT2D eigenvalue weighted by Gasteiger charge is 2.41. The minimum atomic E-state index is -1.03. The lowest BCUT2D eigenvalue weighted by molar-refractivity contribution is -0.146. The smallest absolute Gasteiger partial charge is 0.355 e. The Hall–Kier alpha value is -2.25. The topological polar surface area (TPSA) is 88.5 Å². The molecule has 0 spiro atoms. The van der Waals surface area contributed by atoms with Crippen LogP contribution in [0.2, 0.25) is 0 Å². The highest BCUT2D eigenvalue weighted by atomic mass is 32.1. The van der Waals surface area contributed by atoms with Crippen LogP contribution in [0.15, 0.2) is 29.6 Å². The van der Waals surface area contributed by atoms with Crippen molar-refractivity contribution in [3.8, 4) is 10.6 Å². The standard InChI is InChI=1S/C19H22N2O4S/c1-2-25-19(8-3-4-9-19)18(24)20-11-13-6-5-7-14(10-13)16-21-15(12-26-16)17(22)23/h5-7,10,12H,2-4,8-9,11H2,1H3,(H,20,24)(H,22,23). The number of carboxylic acids is 1. The number of carbonyl (C=O) groups excluding carboxylic acids is 1. The van der Waals surface area contributed by atoms with Gasteiger partial charge in [-0.25, -0.2) is 9.78 Å². The summed E-state index contributed by atoms with van der Waals surface area (Å²) in [6, 6.07) is 7.62. The Morgan fingerprint density at radius 1 is 1.35 bits per heavy atom. The van der Waals surface area contributed by atoms with E-state index in [1.165, 1.54) is 16.7 Å². The highest BCUT2D eigenvalue weighted by molar-refractivity contribution is 7.13. The van der Waals surface area contributed by atoms with Gasteiger partial charge < -0.3 is 15.2 Å². The summed E-state index contributed by atoms with van der Waals surface area (Å²) in [4.78, 5) is 27.8. The van der Waals surface area contributed by atoms with Crippen molar-refractivity contribution < 1.29 is 19.4 Å². The molecular weight excluding hydrogens is 352 g/mol. The molecule has 26 heavy (non-hydrogen) atoms. The summed E-state index contributed by atoms with van der Waals surface area (Å²) in [6.45, 7) is 2.84. The molecule has 138 valence electrons. The number of nitrogens with one attached hydrogen (secondary N) is 1. The number of ether oxygens (including phenoxy) is 1. The Labute approximate surface area is 156 Å². The summed E-state index contributed by atoms with van der Waals surface area (Å²) in [5, 5.41) is 14.2. The molecule has 1 aliphatic rings. The summed E-state index contributed by atoms with van der Waals surface area (Å²) >= 11 is 1.29. The number of rotatable bonds is 7. The number of amides is 1. The molecule has 1 aromatic heterocycles. The van der Waals surface area contributed by atoms with Gasteiger partial charge in [-0.05, 0) is 44.2 Å². The van der Waals surface area contributed by atoms with E-state index in [0.717, 1.165) is 36.8 Å². The molecule has 0 atom stereocenters. The lowest BCUT2D eigenvalue weighted by Gasteiger charge is -2.27. The average molecular weight is 374 g/mol. The van der Waals surface area contributed by atoms with E-state index in [4.69, 9.17) is 9.84 Å². The summed E-state index contributed by atoms with van der Waals surface area (Å²) in [6.07, 6.45) is 3.56. The maximum absolute atomic E-state index is 12.7. The largest absolute Gasteiger partial charge is 0.476 e. The molecule has 1 aromatic carbocycles. The van der Waals surface area contributed by atoms with Crippen molar-refractivity contribution >= 4 is 23.2 Å². The van der Waals surface area contributed by atoms with E-state index in [1.807, 2.05) is 31.2 Å². The third-order valence-electron chi connectivity index (χ3n) is 4.60. The molecule has 1 amide bonds. The molecule has 0 saturated heterocycles. The molecule has 2 N–H and O–H groups in total. The Kier molecular flexibility index (Phi) is 5.68. The van der Waals surface area contributed by atoms with E-state index in [1.54, 1.807) is 0 Å². The number of carbonyl (C=O) groups is 2. The van der Waals surface area contributed by atoms with Crippen LogP contribution < -0.4 is 5.32 Å². The van der Waals surface area contributed by atoms with Gasteiger partial charge in [-0.3, -0.25) is 4.79 Å². The number of hydrogen-bond acceptors (Lipinski definition) is 5. The normalized spacial score (nSPS) is 15.7. The molecule has 6 nitrogen and oxygen atoms in total. The van der Waals surface area contributed by atoms with Crippen LogP contribution in [-0.4, -0.2) is 34.2 Å². The summed E-state index contributed by atoms with van der Waals surface area (Å²) in [5.74, 6) is -1.08. The van der Waals surface area contributed by atoms with Crippen molar-refractivity contribution in [3.63, 3.8) is 0 Å². The van der Waals surface area contributed by atoms with Crippen molar-refractivity contribution in [2.75, 3.05) is 6.61 Å². The van der Waals surface area contributed by atoms with Crippen LogP contribution in [0.25, 0.3) is 10.6 Å². The van der Waals surface area contributed by atoms with Crippen LogP contribution in [-0.2, 0) is 16.1 Å². The van der Waals surface area contributed by atoms with E-state index in [0.29, 0.717) is 18.2 Å². The predicted molar refractivity (Wildman–Crippen MR) is 99.2 cm³/mol. The zero-order chi connectivity index (χ0) is 18.6. The average Bonchev–Trinajstić information content (AvgIpc) is 3.30. The van der Waals surface area contributed by atoms with Crippen LogP contribution >= 0.6 is 11.3 Å². The molecule has 1 saturated carbocycles. The molecule has 2 aromatic rings. The maximum Gasteiger partial charge on any atom is 0.355 e. The maximum atomic E-state index is 12.7. The number of aromatic nitrogens is 1.